The third kappa shape index (κ3) is 4.58. The lowest BCUT2D eigenvalue weighted by Crippen LogP contribution is -2.41. The summed E-state index contributed by atoms with van der Waals surface area (Å²) in [5.74, 6) is 2.45. The normalized spacial score (nSPS) is 17.2. The van der Waals surface area contributed by atoms with Gasteiger partial charge in [-0.25, -0.2) is 0 Å². The molecule has 1 N–H and O–H groups in total. The summed E-state index contributed by atoms with van der Waals surface area (Å²) in [5.41, 5.74) is 2.83. The van der Waals surface area contributed by atoms with E-state index in [1.54, 1.807) is 14.2 Å². The molecule has 0 bridgehead atoms. The maximum absolute atomic E-state index is 12.7. The van der Waals surface area contributed by atoms with Gasteiger partial charge >= 0.3 is 0 Å². The number of ether oxygens (including phenoxy) is 3. The molecule has 0 unspecified atom stereocenters. The van der Waals surface area contributed by atoms with Crippen LogP contribution in [-0.4, -0.2) is 25.7 Å². The topological polar surface area (TPSA) is 56.8 Å². The van der Waals surface area contributed by atoms with Gasteiger partial charge in [-0.3, -0.25) is 4.79 Å². The Morgan fingerprint density at radius 3 is 2.64 bits per heavy atom. The molecule has 1 atom stereocenters. The minimum Gasteiger partial charge on any atom is -0.497 e. The summed E-state index contributed by atoms with van der Waals surface area (Å²) in [4.78, 5) is 12.7. The molecule has 1 amide bonds. The van der Waals surface area contributed by atoms with E-state index in [4.69, 9.17) is 14.2 Å². The van der Waals surface area contributed by atoms with E-state index in [0.29, 0.717) is 19.3 Å². The van der Waals surface area contributed by atoms with Crippen molar-refractivity contribution in [1.29, 1.82) is 0 Å². The first kappa shape index (κ1) is 20.1. The smallest absolute Gasteiger partial charge is 0.220 e. The molecule has 0 saturated heterocycles. The van der Waals surface area contributed by atoms with Crippen molar-refractivity contribution in [3.05, 3.63) is 53.1 Å². The number of rotatable bonds is 6. The monoisotopic (exact) mass is 383 g/mol. The van der Waals surface area contributed by atoms with Gasteiger partial charge in [-0.05, 0) is 62.6 Å². The Morgan fingerprint density at radius 1 is 1.18 bits per heavy atom. The number of carbonyl (C=O) groups excluding carboxylic acids is 1. The second-order valence-corrected chi connectivity index (χ2v) is 7.89. The van der Waals surface area contributed by atoms with E-state index in [1.807, 2.05) is 51.1 Å². The molecule has 5 heteroatoms. The number of nitrogens with one attached hydrogen (secondary N) is 1. The lowest BCUT2D eigenvalue weighted by molar-refractivity contribution is -0.122. The molecule has 5 nitrogen and oxygen atoms in total. The minimum atomic E-state index is -0.341. The second kappa shape index (κ2) is 8.13. The Bertz CT molecular complexity index is 860. The number of carbonyl (C=O) groups is 1. The average molecular weight is 383 g/mol. The third-order valence-electron chi connectivity index (χ3n) is 5.11. The van der Waals surface area contributed by atoms with Crippen molar-refractivity contribution in [2.45, 2.75) is 51.7 Å². The van der Waals surface area contributed by atoms with E-state index in [2.05, 4.69) is 11.4 Å². The quantitative estimate of drug-likeness (QED) is 0.805. The van der Waals surface area contributed by atoms with Crippen molar-refractivity contribution >= 4 is 5.91 Å². The number of methoxy groups -OCH3 is 2. The summed E-state index contributed by atoms with van der Waals surface area (Å²) in [5, 5.41) is 3.19. The summed E-state index contributed by atoms with van der Waals surface area (Å²) in [6.45, 7) is 6.09. The maximum Gasteiger partial charge on any atom is 0.220 e. The van der Waals surface area contributed by atoms with Gasteiger partial charge in [0.05, 0.1) is 20.3 Å². The highest BCUT2D eigenvalue weighted by Crippen LogP contribution is 2.41. The van der Waals surface area contributed by atoms with Crippen LogP contribution in [0.1, 0.15) is 49.4 Å². The lowest BCUT2D eigenvalue weighted by atomic mass is 9.89. The Morgan fingerprint density at radius 2 is 1.96 bits per heavy atom. The highest BCUT2D eigenvalue weighted by atomic mass is 16.5. The molecule has 150 valence electrons. The molecule has 1 heterocycles. The minimum absolute atomic E-state index is 0.0324. The van der Waals surface area contributed by atoms with Crippen LogP contribution >= 0.6 is 0 Å². The highest BCUT2D eigenvalue weighted by molar-refractivity contribution is 5.77. The Labute approximate surface area is 167 Å². The summed E-state index contributed by atoms with van der Waals surface area (Å²) < 4.78 is 16.7. The van der Waals surface area contributed by atoms with Crippen molar-refractivity contribution in [3.8, 4) is 17.2 Å². The van der Waals surface area contributed by atoms with Gasteiger partial charge in [0.2, 0.25) is 5.91 Å². The first-order valence-electron chi connectivity index (χ1n) is 9.61. The van der Waals surface area contributed by atoms with E-state index >= 15 is 0 Å². The van der Waals surface area contributed by atoms with E-state index in [9.17, 15) is 4.79 Å². The highest BCUT2D eigenvalue weighted by Gasteiger charge is 2.34. The fraction of sp³-hybridized carbons (Fsp3) is 0.435. The average Bonchev–Trinajstić information content (AvgIpc) is 2.65. The fourth-order valence-electron chi connectivity index (χ4n) is 3.71. The van der Waals surface area contributed by atoms with Crippen molar-refractivity contribution in [2.24, 2.45) is 0 Å². The van der Waals surface area contributed by atoms with Gasteiger partial charge in [0.25, 0.3) is 0 Å². The van der Waals surface area contributed by atoms with Crippen LogP contribution in [0.2, 0.25) is 0 Å². The summed E-state index contributed by atoms with van der Waals surface area (Å²) >= 11 is 0. The van der Waals surface area contributed by atoms with Crippen LogP contribution in [0.15, 0.2) is 36.4 Å². The molecule has 28 heavy (non-hydrogen) atoms. The Balaban J connectivity index is 1.69. The number of aryl methyl sites for hydroxylation is 2. The first-order chi connectivity index (χ1) is 13.3. The zero-order valence-electron chi connectivity index (χ0n) is 17.3. The molecule has 3 rings (SSSR count). The fourth-order valence-corrected chi connectivity index (χ4v) is 3.71. The molecule has 2 aromatic rings. The van der Waals surface area contributed by atoms with Crippen LogP contribution in [-0.2, 0) is 11.2 Å². The molecular weight excluding hydrogens is 354 g/mol. The van der Waals surface area contributed by atoms with Gasteiger partial charge < -0.3 is 19.5 Å². The van der Waals surface area contributed by atoms with Crippen LogP contribution in [0.25, 0.3) is 0 Å². The molecule has 1 aliphatic heterocycles. The maximum atomic E-state index is 12.7. The summed E-state index contributed by atoms with van der Waals surface area (Å²) in [6, 6.07) is 11.7. The van der Waals surface area contributed by atoms with Gasteiger partial charge in [-0.1, -0.05) is 12.1 Å². The van der Waals surface area contributed by atoms with Gasteiger partial charge in [-0.15, -0.1) is 0 Å². The van der Waals surface area contributed by atoms with Crippen molar-refractivity contribution < 1.29 is 19.0 Å². The van der Waals surface area contributed by atoms with Crippen LogP contribution < -0.4 is 19.5 Å². The summed E-state index contributed by atoms with van der Waals surface area (Å²) in [7, 11) is 3.30. The second-order valence-electron chi connectivity index (χ2n) is 7.89. The molecule has 0 spiro atoms. The van der Waals surface area contributed by atoms with Crippen LogP contribution in [0, 0.1) is 6.92 Å². The third-order valence-corrected chi connectivity index (χ3v) is 5.11. The largest absolute Gasteiger partial charge is 0.497 e. The van der Waals surface area contributed by atoms with Crippen molar-refractivity contribution in [1.82, 2.24) is 5.32 Å². The zero-order chi connectivity index (χ0) is 20.3. The van der Waals surface area contributed by atoms with Gasteiger partial charge in [-0.2, -0.15) is 0 Å². The molecule has 2 aromatic carbocycles. The van der Waals surface area contributed by atoms with Gasteiger partial charge in [0, 0.05) is 18.4 Å². The number of amides is 1. The number of hydrogen-bond acceptors (Lipinski definition) is 4. The van der Waals surface area contributed by atoms with E-state index in [-0.39, 0.29) is 17.6 Å². The predicted octanol–water partition coefficient (Wildman–Crippen LogP) is 4.36. The molecule has 1 aliphatic rings. The number of benzene rings is 2. The Hall–Kier alpha value is -2.69. The molecular formula is C23H29NO4. The van der Waals surface area contributed by atoms with Gasteiger partial charge in [0.1, 0.15) is 22.8 Å². The first-order valence-corrected chi connectivity index (χ1v) is 9.61. The van der Waals surface area contributed by atoms with E-state index in [1.165, 1.54) is 0 Å². The molecule has 0 saturated carbocycles. The Kier molecular flexibility index (Phi) is 5.82. The molecule has 0 radical (unpaired) electrons. The molecule has 0 aromatic heterocycles. The van der Waals surface area contributed by atoms with Crippen LogP contribution in [0.3, 0.4) is 0 Å². The van der Waals surface area contributed by atoms with Crippen LogP contribution in [0.5, 0.6) is 17.2 Å². The van der Waals surface area contributed by atoms with Crippen LogP contribution in [0.4, 0.5) is 0 Å². The van der Waals surface area contributed by atoms with E-state index in [0.717, 1.165) is 33.9 Å². The number of hydrogen-bond donors (Lipinski definition) is 1. The standard InChI is InChI=1S/C23H29NO4/c1-15-12-16(6-9-20(15)27-5)7-11-22(25)24-19-14-23(2,3)28-21-10-8-17(26-4)13-18(19)21/h6,8-10,12-13,19H,7,11,14H2,1-5H3,(H,24,25)/t19-/m0/s1. The lowest BCUT2D eigenvalue weighted by Gasteiger charge is -2.38. The SMILES string of the molecule is COc1ccc2c(c1)[C@@H](NC(=O)CCc1ccc(OC)c(C)c1)CC(C)(C)O2. The molecule has 0 fully saturated rings. The zero-order valence-corrected chi connectivity index (χ0v) is 17.3. The van der Waals surface area contributed by atoms with Crippen molar-refractivity contribution in [2.75, 3.05) is 14.2 Å². The predicted molar refractivity (Wildman–Crippen MR) is 109 cm³/mol. The molecule has 0 aliphatic carbocycles. The summed E-state index contributed by atoms with van der Waals surface area (Å²) in [6.07, 6.45) is 1.83. The number of fused-ring (bicyclic) bond motifs is 1. The van der Waals surface area contributed by atoms with Gasteiger partial charge in [0.15, 0.2) is 0 Å². The van der Waals surface area contributed by atoms with Crippen molar-refractivity contribution in [3.63, 3.8) is 0 Å². The van der Waals surface area contributed by atoms with E-state index < -0.39 is 0 Å².